The van der Waals surface area contributed by atoms with Gasteiger partial charge in [-0.3, -0.25) is 14.6 Å². The monoisotopic (exact) mass is 523 g/mol. The summed E-state index contributed by atoms with van der Waals surface area (Å²) in [5.41, 5.74) is 3.39. The quantitative estimate of drug-likeness (QED) is 0.343. The topological polar surface area (TPSA) is 80.3 Å². The van der Waals surface area contributed by atoms with E-state index < -0.39 is 0 Å². The molecule has 0 aliphatic rings. The van der Waals surface area contributed by atoms with E-state index in [9.17, 15) is 9.59 Å². The highest BCUT2D eigenvalue weighted by Gasteiger charge is 2.15. The van der Waals surface area contributed by atoms with Crippen LogP contribution in [0.25, 0.3) is 0 Å². The Morgan fingerprint density at radius 2 is 1.88 bits per heavy atom. The molecule has 1 heterocycles. The van der Waals surface area contributed by atoms with Crippen molar-refractivity contribution in [1.82, 2.24) is 10.3 Å². The Balaban J connectivity index is 1.42. The first kappa shape index (κ1) is 25.4. The van der Waals surface area contributed by atoms with Crippen molar-refractivity contribution in [3.05, 3.63) is 88.2 Å². The summed E-state index contributed by atoms with van der Waals surface area (Å²) in [5, 5.41) is 5.77. The Morgan fingerprint density at radius 1 is 1.06 bits per heavy atom. The normalized spacial score (nSPS) is 11.1. The van der Waals surface area contributed by atoms with Crippen LogP contribution in [-0.4, -0.2) is 23.4 Å². The minimum Gasteiger partial charge on any atom is -0.492 e. The standard InChI is InChI=1S/C27H30BrN3O3/c1-27(2,3)21-11-12-24(23(28)16-21)34-14-6-10-25(32)31-22-9-4-7-19(15-22)17-30-26(33)20-8-5-13-29-18-20/h4-5,7-9,11-13,15-16,18H,6,10,14,17H2,1-3H3,(H,30,33)(H,31,32). The second-order valence-corrected chi connectivity index (χ2v) is 9.87. The average Bonchev–Trinajstić information content (AvgIpc) is 2.81. The van der Waals surface area contributed by atoms with E-state index in [1.165, 1.54) is 11.8 Å². The van der Waals surface area contributed by atoms with Crippen LogP contribution < -0.4 is 15.4 Å². The van der Waals surface area contributed by atoms with Gasteiger partial charge in [0.1, 0.15) is 5.75 Å². The molecule has 7 heteroatoms. The van der Waals surface area contributed by atoms with Crippen molar-refractivity contribution < 1.29 is 14.3 Å². The summed E-state index contributed by atoms with van der Waals surface area (Å²) in [6, 6.07) is 17.0. The molecule has 0 aliphatic carbocycles. The van der Waals surface area contributed by atoms with Crippen LogP contribution in [0.4, 0.5) is 5.69 Å². The number of nitrogens with zero attached hydrogens (tertiary/aromatic N) is 1. The van der Waals surface area contributed by atoms with E-state index in [0.29, 0.717) is 37.2 Å². The first-order chi connectivity index (χ1) is 16.2. The number of hydrogen-bond acceptors (Lipinski definition) is 4. The first-order valence-corrected chi connectivity index (χ1v) is 12.0. The molecule has 34 heavy (non-hydrogen) atoms. The lowest BCUT2D eigenvalue weighted by Gasteiger charge is -2.20. The Labute approximate surface area is 209 Å². The summed E-state index contributed by atoms with van der Waals surface area (Å²) in [6.45, 7) is 7.31. The van der Waals surface area contributed by atoms with Crippen LogP contribution >= 0.6 is 15.9 Å². The van der Waals surface area contributed by atoms with Crippen LogP contribution in [0, 0.1) is 0 Å². The zero-order valence-electron chi connectivity index (χ0n) is 19.7. The fraction of sp³-hybridized carbons (Fsp3) is 0.296. The van der Waals surface area contributed by atoms with Crippen molar-refractivity contribution in [2.75, 3.05) is 11.9 Å². The predicted molar refractivity (Wildman–Crippen MR) is 138 cm³/mol. The molecule has 0 saturated carbocycles. The van der Waals surface area contributed by atoms with E-state index in [-0.39, 0.29) is 17.2 Å². The van der Waals surface area contributed by atoms with Crippen molar-refractivity contribution in [2.45, 2.75) is 45.6 Å². The summed E-state index contributed by atoms with van der Waals surface area (Å²) < 4.78 is 6.76. The van der Waals surface area contributed by atoms with Crippen LogP contribution in [0.15, 0.2) is 71.5 Å². The molecule has 6 nitrogen and oxygen atoms in total. The second-order valence-electron chi connectivity index (χ2n) is 9.02. The van der Waals surface area contributed by atoms with Gasteiger partial charge in [0, 0.05) is 31.0 Å². The summed E-state index contributed by atoms with van der Waals surface area (Å²) in [5.74, 6) is 0.499. The average molecular weight is 524 g/mol. The molecule has 0 fully saturated rings. The predicted octanol–water partition coefficient (Wildman–Crippen LogP) is 5.87. The number of carbonyl (C=O) groups is 2. The van der Waals surface area contributed by atoms with E-state index in [1.54, 1.807) is 18.3 Å². The van der Waals surface area contributed by atoms with Gasteiger partial charge in [-0.2, -0.15) is 0 Å². The van der Waals surface area contributed by atoms with Gasteiger partial charge in [0.2, 0.25) is 5.91 Å². The van der Waals surface area contributed by atoms with Gasteiger partial charge in [0.15, 0.2) is 0 Å². The molecule has 0 bridgehead atoms. The molecule has 0 spiro atoms. The lowest BCUT2D eigenvalue weighted by atomic mass is 9.87. The number of pyridine rings is 1. The van der Waals surface area contributed by atoms with Crippen molar-refractivity contribution in [1.29, 1.82) is 0 Å². The third-order valence-corrected chi connectivity index (χ3v) is 5.81. The number of ether oxygens (including phenoxy) is 1. The minimum atomic E-state index is -0.192. The molecule has 3 aromatic rings. The highest BCUT2D eigenvalue weighted by atomic mass is 79.9. The van der Waals surface area contributed by atoms with Gasteiger partial charge in [0.25, 0.3) is 5.91 Å². The molecule has 1 aromatic heterocycles. The fourth-order valence-corrected chi connectivity index (χ4v) is 3.76. The lowest BCUT2D eigenvalue weighted by Crippen LogP contribution is -2.23. The number of anilines is 1. The van der Waals surface area contributed by atoms with Crippen molar-refractivity contribution in [2.24, 2.45) is 0 Å². The maximum absolute atomic E-state index is 12.4. The van der Waals surface area contributed by atoms with E-state index in [0.717, 1.165) is 15.8 Å². The molecule has 2 amide bonds. The molecule has 0 unspecified atom stereocenters. The van der Waals surface area contributed by atoms with E-state index >= 15 is 0 Å². The lowest BCUT2D eigenvalue weighted by molar-refractivity contribution is -0.116. The fourth-order valence-electron chi connectivity index (χ4n) is 3.26. The summed E-state index contributed by atoms with van der Waals surface area (Å²) in [7, 11) is 0. The zero-order valence-corrected chi connectivity index (χ0v) is 21.3. The molecule has 3 rings (SSSR count). The van der Waals surface area contributed by atoms with Gasteiger partial charge in [-0.05, 0) is 75.3 Å². The Bertz CT molecular complexity index is 1130. The van der Waals surface area contributed by atoms with Gasteiger partial charge in [-0.15, -0.1) is 0 Å². The smallest absolute Gasteiger partial charge is 0.253 e. The Hall–Kier alpha value is -3.19. The number of amides is 2. The number of benzene rings is 2. The largest absolute Gasteiger partial charge is 0.492 e. The number of halogens is 1. The molecule has 2 aromatic carbocycles. The highest BCUT2D eigenvalue weighted by Crippen LogP contribution is 2.31. The maximum atomic E-state index is 12.4. The molecule has 0 saturated heterocycles. The molecular weight excluding hydrogens is 494 g/mol. The number of carbonyl (C=O) groups excluding carboxylic acids is 2. The third kappa shape index (κ3) is 7.70. The Kier molecular flexibility index (Phi) is 8.82. The summed E-state index contributed by atoms with van der Waals surface area (Å²) in [4.78, 5) is 28.5. The van der Waals surface area contributed by atoms with E-state index in [1.807, 2.05) is 30.3 Å². The molecule has 178 valence electrons. The second kappa shape index (κ2) is 11.8. The summed E-state index contributed by atoms with van der Waals surface area (Å²) >= 11 is 3.57. The maximum Gasteiger partial charge on any atom is 0.253 e. The van der Waals surface area contributed by atoms with Crippen LogP contribution in [0.1, 0.15) is 55.1 Å². The third-order valence-electron chi connectivity index (χ3n) is 5.19. The van der Waals surface area contributed by atoms with Crippen LogP contribution in [0.5, 0.6) is 5.75 Å². The Morgan fingerprint density at radius 3 is 2.59 bits per heavy atom. The van der Waals surface area contributed by atoms with Crippen molar-refractivity contribution in [3.63, 3.8) is 0 Å². The SMILES string of the molecule is CC(C)(C)c1ccc(OCCCC(=O)Nc2cccc(CNC(=O)c3cccnc3)c2)c(Br)c1. The van der Waals surface area contributed by atoms with Crippen molar-refractivity contribution in [3.8, 4) is 5.75 Å². The van der Waals surface area contributed by atoms with Gasteiger partial charge in [-0.1, -0.05) is 39.0 Å². The number of hydrogen-bond donors (Lipinski definition) is 2. The molecule has 2 N–H and O–H groups in total. The van der Waals surface area contributed by atoms with E-state index in [2.05, 4.69) is 64.5 Å². The highest BCUT2D eigenvalue weighted by molar-refractivity contribution is 9.10. The van der Waals surface area contributed by atoms with Crippen LogP contribution in [0.2, 0.25) is 0 Å². The van der Waals surface area contributed by atoms with Crippen molar-refractivity contribution >= 4 is 33.4 Å². The molecule has 0 radical (unpaired) electrons. The van der Waals surface area contributed by atoms with Gasteiger partial charge >= 0.3 is 0 Å². The molecule has 0 atom stereocenters. The van der Waals surface area contributed by atoms with Crippen LogP contribution in [0.3, 0.4) is 0 Å². The van der Waals surface area contributed by atoms with Crippen LogP contribution in [-0.2, 0) is 16.8 Å². The number of aromatic nitrogens is 1. The van der Waals surface area contributed by atoms with Gasteiger partial charge in [-0.25, -0.2) is 0 Å². The zero-order chi connectivity index (χ0) is 24.6. The first-order valence-electron chi connectivity index (χ1n) is 11.2. The number of rotatable bonds is 9. The molecular formula is C27H30BrN3O3. The minimum absolute atomic E-state index is 0.0708. The number of nitrogens with one attached hydrogen (secondary N) is 2. The van der Waals surface area contributed by atoms with E-state index in [4.69, 9.17) is 4.74 Å². The van der Waals surface area contributed by atoms with Gasteiger partial charge in [0.05, 0.1) is 16.6 Å². The van der Waals surface area contributed by atoms with Gasteiger partial charge < -0.3 is 15.4 Å². The summed E-state index contributed by atoms with van der Waals surface area (Å²) in [6.07, 6.45) is 4.09. The molecule has 0 aliphatic heterocycles.